The number of para-hydroxylation sites is 1. The first kappa shape index (κ1) is 14.5. The third kappa shape index (κ3) is 1.89. The zero-order valence-electron chi connectivity index (χ0n) is 13.2. The molecule has 4 atom stereocenters. The molecule has 1 aromatic rings. The maximum absolute atomic E-state index is 13.0. The Bertz CT molecular complexity index is 713. The fourth-order valence-electron chi connectivity index (χ4n) is 4.08. The molecule has 0 aromatic heterocycles. The first-order chi connectivity index (χ1) is 11.1. The number of aryl methyl sites for hydroxylation is 1. The number of benzene rings is 1. The quantitative estimate of drug-likeness (QED) is 0.631. The van der Waals surface area contributed by atoms with Crippen LogP contribution in [-0.4, -0.2) is 36.7 Å². The van der Waals surface area contributed by atoms with Crippen LogP contribution in [0, 0.1) is 18.8 Å². The van der Waals surface area contributed by atoms with E-state index in [1.165, 1.54) is 0 Å². The summed E-state index contributed by atoms with van der Waals surface area (Å²) >= 11 is 0. The number of esters is 1. The summed E-state index contributed by atoms with van der Waals surface area (Å²) in [5, 5.41) is 0. The minimum atomic E-state index is -0.693. The predicted molar refractivity (Wildman–Crippen MR) is 83.9 cm³/mol. The van der Waals surface area contributed by atoms with Gasteiger partial charge in [-0.05, 0) is 25.5 Å². The van der Waals surface area contributed by atoms with Crippen molar-refractivity contribution in [3.63, 3.8) is 0 Å². The van der Waals surface area contributed by atoms with Crippen molar-refractivity contribution in [3.05, 3.63) is 42.0 Å². The molecule has 0 aliphatic carbocycles. The summed E-state index contributed by atoms with van der Waals surface area (Å²) in [5.41, 5.74) is 1.22. The van der Waals surface area contributed by atoms with E-state index >= 15 is 0 Å². The first-order valence-corrected chi connectivity index (χ1v) is 7.98. The fraction of sp³-hybridized carbons (Fsp3) is 0.444. The third-order valence-corrected chi connectivity index (χ3v) is 5.07. The van der Waals surface area contributed by atoms with Gasteiger partial charge < -0.3 is 14.4 Å². The number of nitrogens with zero attached hydrogens (tertiary/aromatic N) is 1. The molecule has 5 heteroatoms. The maximum Gasteiger partial charge on any atom is 0.312 e. The van der Waals surface area contributed by atoms with Gasteiger partial charge in [0.05, 0.1) is 25.2 Å². The van der Waals surface area contributed by atoms with Crippen LogP contribution >= 0.6 is 0 Å². The molecular weight excluding hydrogens is 294 g/mol. The number of anilines is 1. The Labute approximate surface area is 134 Å². The van der Waals surface area contributed by atoms with Gasteiger partial charge in [-0.2, -0.15) is 0 Å². The number of fused-ring (bicyclic) bond motifs is 1. The highest BCUT2D eigenvalue weighted by atomic mass is 16.6. The summed E-state index contributed by atoms with van der Waals surface area (Å²) in [5.74, 6) is -1.42. The van der Waals surface area contributed by atoms with E-state index < -0.39 is 17.4 Å². The standard InChI is InChI=1S/C18H19NO4/c1-3-22-17(21)14-13-8-9-18(23-13)10-19(16(20)15(14)18)12-7-5-4-6-11(12)2/h4-9,13-15H,3,10H2,1-2H3/t13-,14+,15+,18-/m0/s1. The van der Waals surface area contributed by atoms with E-state index in [0.717, 1.165) is 11.3 Å². The number of ether oxygens (including phenoxy) is 2. The van der Waals surface area contributed by atoms with Crippen molar-refractivity contribution >= 4 is 17.6 Å². The molecule has 0 saturated carbocycles. The number of amides is 1. The van der Waals surface area contributed by atoms with Crippen LogP contribution < -0.4 is 4.90 Å². The Morgan fingerprint density at radius 1 is 1.43 bits per heavy atom. The molecule has 2 fully saturated rings. The van der Waals surface area contributed by atoms with E-state index in [0.29, 0.717) is 13.2 Å². The summed E-state index contributed by atoms with van der Waals surface area (Å²) in [7, 11) is 0. The van der Waals surface area contributed by atoms with Crippen LogP contribution in [0.4, 0.5) is 5.69 Å². The highest BCUT2D eigenvalue weighted by molar-refractivity contribution is 6.03. The number of hydrogen-bond acceptors (Lipinski definition) is 4. The summed E-state index contributed by atoms with van der Waals surface area (Å²) in [6.45, 7) is 4.50. The molecule has 1 amide bonds. The SMILES string of the molecule is CCOC(=O)[C@@H]1[C@@H]2C=C[C@@]3(CN(c4ccccc4C)C(=O)[C@@H]13)O2. The molecule has 3 aliphatic rings. The molecule has 5 nitrogen and oxygen atoms in total. The summed E-state index contributed by atoms with van der Waals surface area (Å²) in [6, 6.07) is 7.77. The molecule has 0 radical (unpaired) electrons. The Kier molecular flexibility index (Phi) is 3.10. The predicted octanol–water partition coefficient (Wildman–Crippen LogP) is 1.84. The topological polar surface area (TPSA) is 55.8 Å². The lowest BCUT2D eigenvalue weighted by atomic mass is 9.77. The van der Waals surface area contributed by atoms with E-state index in [-0.39, 0.29) is 18.0 Å². The monoisotopic (exact) mass is 313 g/mol. The minimum absolute atomic E-state index is 0.0517. The summed E-state index contributed by atoms with van der Waals surface area (Å²) in [4.78, 5) is 27.1. The van der Waals surface area contributed by atoms with E-state index in [2.05, 4.69) is 0 Å². The molecule has 3 heterocycles. The molecule has 3 aliphatic heterocycles. The summed E-state index contributed by atoms with van der Waals surface area (Å²) in [6.07, 6.45) is 3.50. The highest BCUT2D eigenvalue weighted by Gasteiger charge is 2.67. The average molecular weight is 313 g/mol. The number of carbonyl (C=O) groups is 2. The van der Waals surface area contributed by atoms with Crippen molar-refractivity contribution in [2.24, 2.45) is 11.8 Å². The molecule has 0 N–H and O–H groups in total. The zero-order chi connectivity index (χ0) is 16.2. The lowest BCUT2D eigenvalue weighted by Gasteiger charge is -2.22. The van der Waals surface area contributed by atoms with Gasteiger partial charge in [0.1, 0.15) is 11.5 Å². The molecule has 1 spiro atoms. The normalized spacial score (nSPS) is 34.1. The maximum atomic E-state index is 13.0. The van der Waals surface area contributed by atoms with Gasteiger partial charge in [-0.1, -0.05) is 30.4 Å². The second kappa shape index (κ2) is 4.93. The van der Waals surface area contributed by atoms with Gasteiger partial charge >= 0.3 is 5.97 Å². The Hall–Kier alpha value is -2.14. The Morgan fingerprint density at radius 2 is 2.22 bits per heavy atom. The van der Waals surface area contributed by atoms with E-state index in [1.54, 1.807) is 11.8 Å². The highest BCUT2D eigenvalue weighted by Crippen LogP contribution is 2.53. The van der Waals surface area contributed by atoms with Crippen LogP contribution in [0.15, 0.2) is 36.4 Å². The molecule has 23 heavy (non-hydrogen) atoms. The average Bonchev–Trinajstić information content (AvgIpc) is 3.16. The second-order valence-corrected chi connectivity index (χ2v) is 6.36. The molecule has 120 valence electrons. The smallest absolute Gasteiger partial charge is 0.312 e. The molecule has 2 bridgehead atoms. The van der Waals surface area contributed by atoms with Gasteiger partial charge in [0.15, 0.2) is 0 Å². The number of rotatable bonds is 3. The lowest BCUT2D eigenvalue weighted by Crippen LogP contribution is -2.40. The van der Waals surface area contributed by atoms with Gasteiger partial charge in [0.25, 0.3) is 0 Å². The van der Waals surface area contributed by atoms with Crippen LogP contribution in [0.1, 0.15) is 12.5 Å². The van der Waals surface area contributed by atoms with Gasteiger partial charge in [0.2, 0.25) is 5.91 Å². The van der Waals surface area contributed by atoms with Crippen LogP contribution in [0.25, 0.3) is 0 Å². The molecule has 0 unspecified atom stereocenters. The third-order valence-electron chi connectivity index (χ3n) is 5.07. The fourth-order valence-corrected chi connectivity index (χ4v) is 4.08. The van der Waals surface area contributed by atoms with Crippen molar-refractivity contribution in [1.82, 2.24) is 0 Å². The van der Waals surface area contributed by atoms with Crippen LogP contribution in [0.2, 0.25) is 0 Å². The lowest BCUT2D eigenvalue weighted by molar-refractivity contribution is -0.151. The van der Waals surface area contributed by atoms with Crippen LogP contribution in [0.5, 0.6) is 0 Å². The van der Waals surface area contributed by atoms with Crippen molar-refractivity contribution in [2.45, 2.75) is 25.6 Å². The first-order valence-electron chi connectivity index (χ1n) is 7.98. The van der Waals surface area contributed by atoms with Crippen LogP contribution in [0.3, 0.4) is 0 Å². The van der Waals surface area contributed by atoms with Gasteiger partial charge in [0, 0.05) is 5.69 Å². The van der Waals surface area contributed by atoms with E-state index in [9.17, 15) is 9.59 Å². The van der Waals surface area contributed by atoms with Crippen molar-refractivity contribution < 1.29 is 19.1 Å². The van der Waals surface area contributed by atoms with Gasteiger partial charge in [-0.3, -0.25) is 9.59 Å². The van der Waals surface area contributed by atoms with Crippen LogP contribution in [-0.2, 0) is 19.1 Å². The van der Waals surface area contributed by atoms with Crippen molar-refractivity contribution in [2.75, 3.05) is 18.1 Å². The number of carbonyl (C=O) groups excluding carboxylic acids is 2. The minimum Gasteiger partial charge on any atom is -0.466 e. The van der Waals surface area contributed by atoms with Crippen molar-refractivity contribution in [1.29, 1.82) is 0 Å². The largest absolute Gasteiger partial charge is 0.466 e. The Morgan fingerprint density at radius 3 is 2.96 bits per heavy atom. The van der Waals surface area contributed by atoms with E-state index in [1.807, 2.05) is 43.3 Å². The molecule has 1 aromatic carbocycles. The molecule has 2 saturated heterocycles. The summed E-state index contributed by atoms with van der Waals surface area (Å²) < 4.78 is 11.2. The Balaban J connectivity index is 1.71. The zero-order valence-corrected chi connectivity index (χ0v) is 13.2. The molecule has 4 rings (SSSR count). The van der Waals surface area contributed by atoms with E-state index in [4.69, 9.17) is 9.47 Å². The van der Waals surface area contributed by atoms with Gasteiger partial charge in [-0.15, -0.1) is 0 Å². The molecular formula is C18H19NO4. The number of hydrogen-bond donors (Lipinski definition) is 0. The van der Waals surface area contributed by atoms with Crippen molar-refractivity contribution in [3.8, 4) is 0 Å². The second-order valence-electron chi connectivity index (χ2n) is 6.36. The van der Waals surface area contributed by atoms with Gasteiger partial charge in [-0.25, -0.2) is 0 Å².